The van der Waals surface area contributed by atoms with Gasteiger partial charge in [0.15, 0.2) is 5.76 Å². The maximum atomic E-state index is 12.0. The van der Waals surface area contributed by atoms with E-state index in [0.29, 0.717) is 12.3 Å². The molecule has 9 nitrogen and oxygen atoms in total. The van der Waals surface area contributed by atoms with Gasteiger partial charge in [-0.2, -0.15) is 0 Å². The third kappa shape index (κ3) is 4.28. The lowest BCUT2D eigenvalue weighted by atomic mass is 10.1. The van der Waals surface area contributed by atoms with Crippen LogP contribution >= 0.6 is 11.8 Å². The SMILES string of the molecule is CCSc1ccc(Cc2nnc(NC(=O)c3ccc([N+](=O)[O-])o3)o2)cc1. The van der Waals surface area contributed by atoms with Crippen LogP contribution in [0.25, 0.3) is 0 Å². The van der Waals surface area contributed by atoms with E-state index in [1.165, 1.54) is 11.0 Å². The first-order chi connectivity index (χ1) is 12.5. The van der Waals surface area contributed by atoms with E-state index < -0.39 is 16.7 Å². The van der Waals surface area contributed by atoms with Crippen LogP contribution in [0, 0.1) is 10.1 Å². The molecule has 0 aliphatic carbocycles. The van der Waals surface area contributed by atoms with Crippen LogP contribution in [0.4, 0.5) is 11.9 Å². The van der Waals surface area contributed by atoms with Crippen LogP contribution in [0.1, 0.15) is 28.9 Å². The minimum Gasteiger partial charge on any atom is -0.407 e. The summed E-state index contributed by atoms with van der Waals surface area (Å²) in [5, 5.41) is 20.5. The van der Waals surface area contributed by atoms with Crippen LogP contribution in [-0.2, 0) is 6.42 Å². The Morgan fingerprint density at radius 1 is 1.19 bits per heavy atom. The molecule has 0 spiro atoms. The van der Waals surface area contributed by atoms with E-state index in [4.69, 9.17) is 8.83 Å². The van der Waals surface area contributed by atoms with E-state index >= 15 is 0 Å². The number of rotatable bonds is 7. The normalized spacial score (nSPS) is 10.7. The Balaban J connectivity index is 1.61. The Bertz CT molecular complexity index is 919. The smallest absolute Gasteiger partial charge is 0.407 e. The molecule has 0 unspecified atom stereocenters. The van der Waals surface area contributed by atoms with Crippen molar-refractivity contribution in [1.29, 1.82) is 0 Å². The summed E-state index contributed by atoms with van der Waals surface area (Å²) in [4.78, 5) is 23.0. The van der Waals surface area contributed by atoms with Crippen LogP contribution in [0.5, 0.6) is 0 Å². The second-order valence-electron chi connectivity index (χ2n) is 5.10. The van der Waals surface area contributed by atoms with Crippen molar-refractivity contribution in [1.82, 2.24) is 10.2 Å². The highest BCUT2D eigenvalue weighted by Crippen LogP contribution is 2.20. The zero-order chi connectivity index (χ0) is 18.5. The third-order valence-corrected chi connectivity index (χ3v) is 4.17. The summed E-state index contributed by atoms with van der Waals surface area (Å²) in [6, 6.07) is 10.2. The Morgan fingerprint density at radius 2 is 1.96 bits per heavy atom. The van der Waals surface area contributed by atoms with Gasteiger partial charge in [-0.1, -0.05) is 24.2 Å². The van der Waals surface area contributed by atoms with Gasteiger partial charge in [0.1, 0.15) is 4.92 Å². The number of amides is 1. The van der Waals surface area contributed by atoms with Crippen molar-refractivity contribution in [3.8, 4) is 0 Å². The summed E-state index contributed by atoms with van der Waals surface area (Å²) in [6.45, 7) is 2.09. The highest BCUT2D eigenvalue weighted by atomic mass is 32.2. The van der Waals surface area contributed by atoms with Crippen LogP contribution in [0.2, 0.25) is 0 Å². The monoisotopic (exact) mass is 374 g/mol. The Morgan fingerprint density at radius 3 is 2.62 bits per heavy atom. The molecule has 0 saturated carbocycles. The van der Waals surface area contributed by atoms with Crippen LogP contribution in [-0.4, -0.2) is 26.8 Å². The Labute approximate surface area is 151 Å². The summed E-state index contributed by atoms with van der Waals surface area (Å²) in [5.41, 5.74) is 0.994. The fraction of sp³-hybridized carbons (Fsp3) is 0.188. The van der Waals surface area contributed by atoms with Crippen molar-refractivity contribution in [2.75, 3.05) is 11.1 Å². The Hall–Kier alpha value is -3.14. The average Bonchev–Trinajstić information content (AvgIpc) is 3.27. The molecule has 2 aromatic heterocycles. The van der Waals surface area contributed by atoms with Gasteiger partial charge in [0.05, 0.1) is 12.5 Å². The number of nitro groups is 1. The number of aromatic nitrogens is 2. The van der Waals surface area contributed by atoms with Crippen molar-refractivity contribution in [2.45, 2.75) is 18.2 Å². The van der Waals surface area contributed by atoms with Crippen molar-refractivity contribution in [3.63, 3.8) is 0 Å². The zero-order valence-corrected chi connectivity index (χ0v) is 14.5. The number of carbonyl (C=O) groups is 1. The fourth-order valence-corrected chi connectivity index (χ4v) is 2.79. The molecule has 0 aliphatic rings. The van der Waals surface area contributed by atoms with Gasteiger partial charge in [-0.3, -0.25) is 20.2 Å². The minimum atomic E-state index is -0.730. The standard InChI is InChI=1S/C16H14N4O5S/c1-2-26-11-5-3-10(4-6-11)9-13-18-19-16(25-13)17-15(21)12-7-8-14(24-12)20(22)23/h3-8H,2,9H2,1H3,(H,17,19,21). The second-order valence-corrected chi connectivity index (χ2v) is 6.44. The highest BCUT2D eigenvalue weighted by molar-refractivity contribution is 7.99. The van der Waals surface area contributed by atoms with Gasteiger partial charge in [0, 0.05) is 4.90 Å². The molecule has 0 saturated heterocycles. The first-order valence-corrected chi connectivity index (χ1v) is 8.63. The molecule has 0 aliphatic heterocycles. The van der Waals surface area contributed by atoms with Gasteiger partial charge in [-0.15, -0.1) is 16.9 Å². The molecule has 0 atom stereocenters. The molecule has 10 heteroatoms. The minimum absolute atomic E-state index is 0.109. The molecule has 26 heavy (non-hydrogen) atoms. The topological polar surface area (TPSA) is 124 Å². The van der Waals surface area contributed by atoms with Crippen LogP contribution in [0.15, 0.2) is 50.1 Å². The van der Waals surface area contributed by atoms with Crippen molar-refractivity contribution >= 4 is 29.6 Å². The van der Waals surface area contributed by atoms with E-state index in [-0.39, 0.29) is 11.8 Å². The lowest BCUT2D eigenvalue weighted by Gasteiger charge is -2.00. The van der Waals surface area contributed by atoms with E-state index in [1.807, 2.05) is 24.3 Å². The summed E-state index contributed by atoms with van der Waals surface area (Å²) in [7, 11) is 0. The lowest BCUT2D eigenvalue weighted by molar-refractivity contribution is -0.402. The van der Waals surface area contributed by atoms with Crippen molar-refractivity contribution in [2.24, 2.45) is 0 Å². The second kappa shape index (κ2) is 7.83. The molecular formula is C16H14N4O5S. The maximum Gasteiger partial charge on any atom is 0.433 e. The van der Waals surface area contributed by atoms with Gasteiger partial charge in [-0.25, -0.2) is 0 Å². The molecule has 134 valence electrons. The summed E-state index contributed by atoms with van der Waals surface area (Å²) in [5.74, 6) is -0.118. The zero-order valence-electron chi connectivity index (χ0n) is 13.7. The van der Waals surface area contributed by atoms with Crippen molar-refractivity contribution < 1.29 is 18.6 Å². The molecule has 1 aromatic carbocycles. The number of carbonyl (C=O) groups excluding carboxylic acids is 1. The number of thioether (sulfide) groups is 1. The molecule has 0 bridgehead atoms. The molecule has 0 radical (unpaired) electrons. The molecular weight excluding hydrogens is 360 g/mol. The van der Waals surface area contributed by atoms with Gasteiger partial charge in [0.25, 0.3) is 5.91 Å². The first-order valence-electron chi connectivity index (χ1n) is 7.65. The number of benzene rings is 1. The predicted octanol–water partition coefficient (Wildman–Crippen LogP) is 3.53. The lowest BCUT2D eigenvalue weighted by Crippen LogP contribution is -2.11. The van der Waals surface area contributed by atoms with E-state index in [2.05, 4.69) is 22.4 Å². The summed E-state index contributed by atoms with van der Waals surface area (Å²) >= 11 is 1.75. The number of anilines is 1. The van der Waals surface area contributed by atoms with Gasteiger partial charge in [0.2, 0.25) is 5.89 Å². The highest BCUT2D eigenvalue weighted by Gasteiger charge is 2.19. The number of nitrogens with one attached hydrogen (secondary N) is 1. The molecule has 1 amide bonds. The molecule has 3 aromatic rings. The first kappa shape index (κ1) is 17.7. The van der Waals surface area contributed by atoms with Crippen molar-refractivity contribution in [3.05, 3.63) is 63.7 Å². The van der Waals surface area contributed by atoms with E-state index in [0.717, 1.165) is 17.4 Å². The van der Waals surface area contributed by atoms with E-state index in [9.17, 15) is 14.9 Å². The molecule has 0 fully saturated rings. The molecule has 3 rings (SSSR count). The average molecular weight is 374 g/mol. The number of hydrogen-bond acceptors (Lipinski definition) is 8. The van der Waals surface area contributed by atoms with E-state index in [1.54, 1.807) is 11.8 Å². The van der Waals surface area contributed by atoms with Gasteiger partial charge in [-0.05, 0) is 29.5 Å². The fourth-order valence-electron chi connectivity index (χ4n) is 2.13. The van der Waals surface area contributed by atoms with Crippen LogP contribution in [0.3, 0.4) is 0 Å². The summed E-state index contributed by atoms with van der Waals surface area (Å²) < 4.78 is 10.2. The summed E-state index contributed by atoms with van der Waals surface area (Å²) in [6.07, 6.45) is 0.423. The quantitative estimate of drug-likeness (QED) is 0.378. The maximum absolute atomic E-state index is 12.0. The van der Waals surface area contributed by atoms with Crippen LogP contribution < -0.4 is 5.32 Å². The third-order valence-electron chi connectivity index (χ3n) is 3.27. The van der Waals surface area contributed by atoms with Gasteiger partial charge < -0.3 is 8.83 Å². The predicted molar refractivity (Wildman–Crippen MR) is 93.3 cm³/mol. The largest absolute Gasteiger partial charge is 0.433 e. The number of hydrogen-bond donors (Lipinski definition) is 1. The molecule has 2 heterocycles. The molecule has 1 N–H and O–H groups in total. The Kier molecular flexibility index (Phi) is 5.32. The number of furan rings is 1. The number of nitrogens with zero attached hydrogens (tertiary/aromatic N) is 3. The van der Waals surface area contributed by atoms with Gasteiger partial charge >= 0.3 is 11.9 Å².